The zero-order valence-corrected chi connectivity index (χ0v) is 11.5. The van der Waals surface area contributed by atoms with Gasteiger partial charge in [-0.1, -0.05) is 28.1 Å². The van der Waals surface area contributed by atoms with Crippen LogP contribution in [0.4, 0.5) is 0 Å². The summed E-state index contributed by atoms with van der Waals surface area (Å²) in [6.45, 7) is 2.25. The molecule has 16 heavy (non-hydrogen) atoms. The molecule has 0 unspecified atom stereocenters. The minimum absolute atomic E-state index is 0.155. The molecule has 0 fully saturated rings. The first-order valence-corrected chi connectivity index (χ1v) is 6.49. The highest BCUT2D eigenvalue weighted by atomic mass is 79.9. The number of ether oxygens (including phenoxy) is 1. The molecule has 0 aliphatic heterocycles. The largest absolute Gasteiger partial charge is 0.466 e. The van der Waals surface area contributed by atoms with E-state index in [0.29, 0.717) is 25.3 Å². The summed E-state index contributed by atoms with van der Waals surface area (Å²) in [4.78, 5) is 11.2. The van der Waals surface area contributed by atoms with Gasteiger partial charge in [0.25, 0.3) is 0 Å². The first kappa shape index (κ1) is 13.5. The van der Waals surface area contributed by atoms with Crippen molar-refractivity contribution < 1.29 is 9.53 Å². The van der Waals surface area contributed by atoms with Crippen molar-refractivity contribution in [3.05, 3.63) is 33.8 Å². The number of carbonyl (C=O) groups is 1. The predicted molar refractivity (Wildman–Crippen MR) is 68.7 cm³/mol. The smallest absolute Gasteiger partial charge is 0.306 e. The molecule has 0 N–H and O–H groups in total. The van der Waals surface area contributed by atoms with Gasteiger partial charge in [0.15, 0.2) is 0 Å². The van der Waals surface area contributed by atoms with Gasteiger partial charge in [-0.2, -0.15) is 0 Å². The van der Waals surface area contributed by atoms with E-state index in [1.165, 1.54) is 0 Å². The van der Waals surface area contributed by atoms with E-state index in [9.17, 15) is 4.79 Å². The molecule has 0 saturated carbocycles. The molecular formula is C12H14BrClO2. The zero-order chi connectivity index (χ0) is 12.0. The average molecular weight is 306 g/mol. The number of halogens is 2. The highest BCUT2D eigenvalue weighted by molar-refractivity contribution is 9.10. The molecule has 0 amide bonds. The molecular weight excluding hydrogens is 291 g/mol. The molecule has 0 heterocycles. The van der Waals surface area contributed by atoms with Crippen LogP contribution >= 0.6 is 27.5 Å². The molecule has 0 aliphatic carbocycles. The van der Waals surface area contributed by atoms with E-state index in [0.717, 1.165) is 15.6 Å². The van der Waals surface area contributed by atoms with Gasteiger partial charge in [0, 0.05) is 16.8 Å². The van der Waals surface area contributed by atoms with Gasteiger partial charge in [-0.25, -0.2) is 0 Å². The van der Waals surface area contributed by atoms with Crippen LogP contribution in [0.3, 0.4) is 0 Å². The number of carbonyl (C=O) groups excluding carboxylic acids is 1. The van der Waals surface area contributed by atoms with Crippen LogP contribution in [0.1, 0.15) is 24.5 Å². The summed E-state index contributed by atoms with van der Waals surface area (Å²) in [5.74, 6) is 0.311. The summed E-state index contributed by atoms with van der Waals surface area (Å²) in [6, 6.07) is 5.95. The summed E-state index contributed by atoms with van der Waals surface area (Å²) in [7, 11) is 0. The second kappa shape index (κ2) is 6.92. The summed E-state index contributed by atoms with van der Waals surface area (Å²) < 4.78 is 5.87. The van der Waals surface area contributed by atoms with Crippen molar-refractivity contribution in [2.75, 3.05) is 6.61 Å². The monoisotopic (exact) mass is 304 g/mol. The van der Waals surface area contributed by atoms with Crippen molar-refractivity contribution >= 4 is 33.5 Å². The quantitative estimate of drug-likeness (QED) is 0.613. The standard InChI is InChI=1S/C12H14BrClO2/c1-2-16-12(15)6-4-9-3-5-11(13)10(7-9)8-14/h3,5,7H,2,4,6,8H2,1H3. The van der Waals surface area contributed by atoms with Crippen molar-refractivity contribution in [1.82, 2.24) is 0 Å². The Hall–Kier alpha value is -0.540. The molecule has 0 aliphatic rings. The topological polar surface area (TPSA) is 26.3 Å². The summed E-state index contributed by atoms with van der Waals surface area (Å²) in [6.07, 6.45) is 1.10. The van der Waals surface area contributed by atoms with Gasteiger partial charge in [-0.15, -0.1) is 11.6 Å². The lowest BCUT2D eigenvalue weighted by molar-refractivity contribution is -0.143. The molecule has 0 spiro atoms. The van der Waals surface area contributed by atoms with E-state index in [1.807, 2.05) is 25.1 Å². The van der Waals surface area contributed by atoms with Gasteiger partial charge < -0.3 is 4.74 Å². The zero-order valence-electron chi connectivity index (χ0n) is 9.13. The van der Waals surface area contributed by atoms with Gasteiger partial charge in [0.1, 0.15) is 0 Å². The van der Waals surface area contributed by atoms with Crippen LogP contribution < -0.4 is 0 Å². The molecule has 0 atom stereocenters. The van der Waals surface area contributed by atoms with Crippen molar-refractivity contribution in [2.24, 2.45) is 0 Å². The summed E-state index contributed by atoms with van der Waals surface area (Å²) in [5.41, 5.74) is 2.15. The predicted octanol–water partition coefficient (Wildman–Crippen LogP) is 3.68. The number of esters is 1. The number of alkyl halides is 1. The van der Waals surface area contributed by atoms with Gasteiger partial charge >= 0.3 is 5.97 Å². The Labute approximate surface area is 109 Å². The number of rotatable bonds is 5. The fourth-order valence-corrected chi connectivity index (χ4v) is 2.13. The second-order valence-corrected chi connectivity index (χ2v) is 4.49. The molecule has 2 nitrogen and oxygen atoms in total. The first-order chi connectivity index (χ1) is 7.67. The third-order valence-electron chi connectivity index (χ3n) is 2.18. The summed E-state index contributed by atoms with van der Waals surface area (Å²) in [5, 5.41) is 0. The molecule has 88 valence electrons. The third-order valence-corrected chi connectivity index (χ3v) is 3.24. The number of hydrogen-bond donors (Lipinski definition) is 0. The van der Waals surface area contributed by atoms with E-state index >= 15 is 0 Å². The molecule has 1 rings (SSSR count). The lowest BCUT2D eigenvalue weighted by atomic mass is 10.1. The van der Waals surface area contributed by atoms with Gasteiger partial charge in [-0.05, 0) is 30.5 Å². The van der Waals surface area contributed by atoms with Gasteiger partial charge in [-0.3, -0.25) is 4.79 Å². The second-order valence-electron chi connectivity index (χ2n) is 3.36. The minimum Gasteiger partial charge on any atom is -0.466 e. The molecule has 0 radical (unpaired) electrons. The fraction of sp³-hybridized carbons (Fsp3) is 0.417. The van der Waals surface area contributed by atoms with Gasteiger partial charge in [0.05, 0.1) is 6.61 Å². The van der Waals surface area contributed by atoms with Crippen molar-refractivity contribution in [1.29, 1.82) is 0 Å². The first-order valence-electron chi connectivity index (χ1n) is 5.16. The normalized spacial score (nSPS) is 10.2. The van der Waals surface area contributed by atoms with E-state index in [2.05, 4.69) is 15.9 Å². The van der Waals surface area contributed by atoms with E-state index in [4.69, 9.17) is 16.3 Å². The van der Waals surface area contributed by atoms with Crippen LogP contribution in [0.25, 0.3) is 0 Å². The maximum Gasteiger partial charge on any atom is 0.306 e. The highest BCUT2D eigenvalue weighted by Gasteiger charge is 2.04. The van der Waals surface area contributed by atoms with Crippen LogP contribution in [-0.2, 0) is 21.8 Å². The van der Waals surface area contributed by atoms with Crippen LogP contribution in [0.15, 0.2) is 22.7 Å². The lowest BCUT2D eigenvalue weighted by Gasteiger charge is -2.05. The Bertz CT molecular complexity index is 366. The average Bonchev–Trinajstić information content (AvgIpc) is 2.28. The number of aryl methyl sites for hydroxylation is 1. The maximum absolute atomic E-state index is 11.2. The van der Waals surface area contributed by atoms with Crippen molar-refractivity contribution in [2.45, 2.75) is 25.6 Å². The van der Waals surface area contributed by atoms with Crippen LogP contribution in [0.2, 0.25) is 0 Å². The van der Waals surface area contributed by atoms with Gasteiger partial charge in [0.2, 0.25) is 0 Å². The Kier molecular flexibility index (Phi) is 5.85. The minimum atomic E-state index is -0.155. The number of hydrogen-bond acceptors (Lipinski definition) is 2. The van der Waals surface area contributed by atoms with Crippen molar-refractivity contribution in [3.8, 4) is 0 Å². The molecule has 0 bridgehead atoms. The van der Waals surface area contributed by atoms with E-state index < -0.39 is 0 Å². The Morgan fingerprint density at radius 3 is 2.88 bits per heavy atom. The maximum atomic E-state index is 11.2. The molecule has 4 heteroatoms. The fourth-order valence-electron chi connectivity index (χ4n) is 1.37. The highest BCUT2D eigenvalue weighted by Crippen LogP contribution is 2.20. The molecule has 1 aromatic rings. The Morgan fingerprint density at radius 2 is 2.25 bits per heavy atom. The molecule has 1 aromatic carbocycles. The van der Waals surface area contributed by atoms with Crippen molar-refractivity contribution in [3.63, 3.8) is 0 Å². The Morgan fingerprint density at radius 1 is 1.50 bits per heavy atom. The SMILES string of the molecule is CCOC(=O)CCc1ccc(Br)c(CCl)c1. The van der Waals surface area contributed by atoms with Crippen LogP contribution in [0.5, 0.6) is 0 Å². The van der Waals surface area contributed by atoms with E-state index in [-0.39, 0.29) is 5.97 Å². The lowest BCUT2D eigenvalue weighted by Crippen LogP contribution is -2.05. The molecule has 0 saturated heterocycles. The summed E-state index contributed by atoms with van der Waals surface area (Å²) >= 11 is 9.21. The van der Waals surface area contributed by atoms with E-state index in [1.54, 1.807) is 0 Å². The third kappa shape index (κ3) is 4.14. The van der Waals surface area contributed by atoms with Crippen LogP contribution in [-0.4, -0.2) is 12.6 Å². The van der Waals surface area contributed by atoms with Crippen LogP contribution in [0, 0.1) is 0 Å². The molecule has 0 aromatic heterocycles. The Balaban J connectivity index is 2.57. The number of benzene rings is 1.